The zero-order chi connectivity index (χ0) is 21.8. The Morgan fingerprint density at radius 1 is 1.07 bits per heavy atom. The summed E-state index contributed by atoms with van der Waals surface area (Å²) in [6, 6.07) is 7.46. The number of esters is 1. The fraction of sp³-hybridized carbons (Fsp3) is 0.364. The summed E-state index contributed by atoms with van der Waals surface area (Å²) < 4.78 is 10.5. The molecular weight excluding hydrogens is 429 g/mol. The van der Waals surface area contributed by atoms with Gasteiger partial charge in [-0.15, -0.1) is 0 Å². The largest absolute Gasteiger partial charge is 0.496 e. The van der Waals surface area contributed by atoms with Crippen molar-refractivity contribution >= 4 is 40.8 Å². The van der Waals surface area contributed by atoms with E-state index in [9.17, 15) is 14.5 Å². The maximum absolute atomic E-state index is 12.9. The van der Waals surface area contributed by atoms with Crippen LogP contribution in [0.3, 0.4) is 0 Å². The van der Waals surface area contributed by atoms with Gasteiger partial charge >= 0.3 is 17.6 Å². The van der Waals surface area contributed by atoms with Crippen LogP contribution in [-0.4, -0.2) is 30.4 Å². The number of nitrogens with zero attached hydrogens (tertiary/aromatic N) is 1. The van der Waals surface area contributed by atoms with Crippen molar-refractivity contribution in [3.05, 3.63) is 62.0 Å². The SMILES string of the molecule is CCOC(=O)c1cc(Cl)c([N+](=O)C(=O)c2ccc(OC)c(C3CCCC3)c2)c(Cl)c1. The van der Waals surface area contributed by atoms with Crippen molar-refractivity contribution in [2.45, 2.75) is 38.5 Å². The predicted octanol–water partition coefficient (Wildman–Crippen LogP) is 6.09. The second-order valence-electron chi connectivity index (χ2n) is 7.05. The summed E-state index contributed by atoms with van der Waals surface area (Å²) in [6.07, 6.45) is 4.28. The molecule has 1 amide bonds. The number of carbonyl (C=O) groups excluding carboxylic acids is 2. The number of carbonyl (C=O) groups is 2. The van der Waals surface area contributed by atoms with E-state index in [0.29, 0.717) is 11.7 Å². The quantitative estimate of drug-likeness (QED) is 0.393. The number of benzene rings is 2. The smallest absolute Gasteiger partial charge is 0.472 e. The third kappa shape index (κ3) is 4.50. The van der Waals surface area contributed by atoms with Crippen LogP contribution in [0, 0.1) is 4.91 Å². The van der Waals surface area contributed by atoms with Gasteiger partial charge in [-0.25, -0.2) is 9.59 Å². The number of rotatable bonds is 6. The minimum atomic E-state index is -0.801. The fourth-order valence-corrected chi connectivity index (χ4v) is 4.37. The average Bonchev–Trinajstić information content (AvgIpc) is 3.27. The number of nitroso groups, excluding NO2 is 1. The van der Waals surface area contributed by atoms with Crippen LogP contribution in [0.4, 0.5) is 5.69 Å². The number of halogens is 2. The normalized spacial score (nSPS) is 13.9. The molecule has 158 valence electrons. The Morgan fingerprint density at radius 3 is 2.27 bits per heavy atom. The zero-order valence-corrected chi connectivity index (χ0v) is 18.3. The molecule has 1 saturated carbocycles. The topological polar surface area (TPSA) is 72.7 Å². The molecule has 0 radical (unpaired) electrons. The summed E-state index contributed by atoms with van der Waals surface area (Å²) in [7, 11) is 1.58. The molecule has 1 aliphatic rings. The molecule has 3 rings (SSSR count). The number of hydrogen-bond donors (Lipinski definition) is 0. The minimum Gasteiger partial charge on any atom is -0.496 e. The van der Waals surface area contributed by atoms with Gasteiger partial charge in [-0.3, -0.25) is 0 Å². The Morgan fingerprint density at radius 2 is 1.70 bits per heavy atom. The van der Waals surface area contributed by atoms with E-state index in [1.807, 2.05) is 0 Å². The molecule has 0 bridgehead atoms. The highest BCUT2D eigenvalue weighted by molar-refractivity contribution is 6.38. The van der Waals surface area contributed by atoms with E-state index in [4.69, 9.17) is 32.7 Å². The Hall–Kier alpha value is -2.44. The van der Waals surface area contributed by atoms with Crippen LogP contribution in [0.2, 0.25) is 10.0 Å². The molecule has 0 heterocycles. The third-order valence-electron chi connectivity index (χ3n) is 5.19. The fourth-order valence-electron chi connectivity index (χ4n) is 3.73. The van der Waals surface area contributed by atoms with Crippen molar-refractivity contribution in [1.82, 2.24) is 0 Å². The molecule has 0 atom stereocenters. The van der Waals surface area contributed by atoms with Crippen LogP contribution in [0.1, 0.15) is 64.8 Å². The molecule has 0 aliphatic heterocycles. The van der Waals surface area contributed by atoms with Gasteiger partial charge in [-0.05, 0) is 61.6 Å². The van der Waals surface area contributed by atoms with Crippen molar-refractivity contribution < 1.29 is 23.8 Å². The predicted molar refractivity (Wildman–Crippen MR) is 114 cm³/mol. The Bertz CT molecular complexity index is 976. The van der Waals surface area contributed by atoms with Crippen molar-refractivity contribution in [2.24, 2.45) is 0 Å². The standard InChI is InChI=1S/C22H22Cl2NO5/c1-3-30-22(27)15-11-17(23)20(18(24)12-15)25(28)21(26)14-8-9-19(29-2)16(10-14)13-6-4-5-7-13/h8-13H,3-7H2,1-2H3/q+1. The molecule has 1 fully saturated rings. The second kappa shape index (κ2) is 9.58. The molecule has 0 spiro atoms. The highest BCUT2D eigenvalue weighted by Gasteiger charge is 2.35. The molecule has 0 aromatic heterocycles. The van der Waals surface area contributed by atoms with Crippen molar-refractivity contribution in [2.75, 3.05) is 13.7 Å². The van der Waals surface area contributed by atoms with Gasteiger partial charge in [0.1, 0.15) is 20.6 Å². The molecule has 2 aromatic rings. The van der Waals surface area contributed by atoms with E-state index < -0.39 is 11.9 Å². The van der Waals surface area contributed by atoms with E-state index in [2.05, 4.69) is 0 Å². The minimum absolute atomic E-state index is 0.101. The summed E-state index contributed by atoms with van der Waals surface area (Å²) in [4.78, 5) is 37.6. The average molecular weight is 451 g/mol. The Balaban J connectivity index is 1.93. The first-order valence-corrected chi connectivity index (χ1v) is 10.5. The molecule has 0 unspecified atom stereocenters. The van der Waals surface area contributed by atoms with Crippen LogP contribution in [0.15, 0.2) is 30.3 Å². The number of amides is 1. The van der Waals surface area contributed by atoms with Crippen molar-refractivity contribution in [3.8, 4) is 5.75 Å². The van der Waals surface area contributed by atoms with Crippen molar-refractivity contribution in [1.29, 1.82) is 0 Å². The summed E-state index contributed by atoms with van der Waals surface area (Å²) in [6.45, 7) is 1.85. The van der Waals surface area contributed by atoms with Crippen LogP contribution in [0.5, 0.6) is 5.75 Å². The lowest BCUT2D eigenvalue weighted by atomic mass is 9.94. The lowest BCUT2D eigenvalue weighted by Crippen LogP contribution is -2.15. The van der Waals surface area contributed by atoms with Gasteiger partial charge in [0.05, 0.1) is 24.8 Å². The highest BCUT2D eigenvalue weighted by Crippen LogP contribution is 2.40. The van der Waals surface area contributed by atoms with Gasteiger partial charge in [0.15, 0.2) is 0 Å². The van der Waals surface area contributed by atoms with Crippen LogP contribution < -0.4 is 4.74 Å². The summed E-state index contributed by atoms with van der Waals surface area (Å²) in [5.41, 5.74) is 1.03. The van der Waals surface area contributed by atoms with Crippen molar-refractivity contribution in [3.63, 3.8) is 0 Å². The Labute approximate surface area is 184 Å². The molecule has 6 nitrogen and oxygen atoms in total. The Kier molecular flexibility index (Phi) is 7.10. The zero-order valence-electron chi connectivity index (χ0n) is 16.7. The maximum atomic E-state index is 12.9. The number of ether oxygens (including phenoxy) is 2. The van der Waals surface area contributed by atoms with E-state index in [0.717, 1.165) is 31.2 Å². The lowest BCUT2D eigenvalue weighted by molar-refractivity contribution is -0.357. The first-order chi connectivity index (χ1) is 14.4. The maximum Gasteiger partial charge on any atom is 0.472 e. The van der Waals surface area contributed by atoms with Crippen LogP contribution in [0.25, 0.3) is 0 Å². The molecule has 0 N–H and O–H groups in total. The second-order valence-corrected chi connectivity index (χ2v) is 7.86. The first kappa shape index (κ1) is 22.2. The third-order valence-corrected chi connectivity index (χ3v) is 5.76. The molecule has 30 heavy (non-hydrogen) atoms. The lowest BCUT2D eigenvalue weighted by Gasteiger charge is -2.14. The van der Waals surface area contributed by atoms with Gasteiger partial charge in [0, 0.05) is 4.91 Å². The molecule has 2 aromatic carbocycles. The summed E-state index contributed by atoms with van der Waals surface area (Å²) in [5, 5.41) is -0.225. The molecule has 1 aliphatic carbocycles. The van der Waals surface area contributed by atoms with E-state index >= 15 is 0 Å². The molecule has 8 heteroatoms. The molecular formula is C22H22Cl2NO5+. The van der Waals surface area contributed by atoms with E-state index in [1.54, 1.807) is 32.2 Å². The van der Waals surface area contributed by atoms with Gasteiger partial charge in [0.25, 0.3) is 0 Å². The molecule has 0 saturated heterocycles. The number of hydrogen-bond acceptors (Lipinski definition) is 5. The van der Waals surface area contributed by atoms with E-state index in [1.165, 1.54) is 12.1 Å². The van der Waals surface area contributed by atoms with E-state index in [-0.39, 0.29) is 38.2 Å². The van der Waals surface area contributed by atoms with Crippen LogP contribution >= 0.6 is 23.2 Å². The van der Waals surface area contributed by atoms with Gasteiger partial charge in [0.2, 0.25) is 0 Å². The van der Waals surface area contributed by atoms with Gasteiger partial charge in [-0.1, -0.05) is 36.0 Å². The van der Waals surface area contributed by atoms with Gasteiger partial charge in [-0.2, -0.15) is 0 Å². The van der Waals surface area contributed by atoms with Crippen LogP contribution in [-0.2, 0) is 4.74 Å². The summed E-state index contributed by atoms with van der Waals surface area (Å²) >= 11 is 12.4. The first-order valence-electron chi connectivity index (χ1n) is 9.73. The number of methoxy groups -OCH3 is 1. The highest BCUT2D eigenvalue weighted by atomic mass is 35.5. The van der Waals surface area contributed by atoms with Gasteiger partial charge < -0.3 is 9.47 Å². The monoisotopic (exact) mass is 450 g/mol. The summed E-state index contributed by atoms with van der Waals surface area (Å²) in [5.74, 6) is -0.424.